The number of nitrogens with two attached hydrogens (primary N) is 1. The second-order valence-corrected chi connectivity index (χ2v) is 8.01. The zero-order valence-corrected chi connectivity index (χ0v) is 14.6. The van der Waals surface area contributed by atoms with Gasteiger partial charge in [-0.05, 0) is 53.2 Å². The minimum absolute atomic E-state index is 0.115. The highest BCUT2D eigenvalue weighted by Crippen LogP contribution is 2.40. The molecule has 1 nitrogen and oxygen atoms in total. The van der Waals surface area contributed by atoms with Crippen LogP contribution in [0.3, 0.4) is 0 Å². The fourth-order valence-corrected chi connectivity index (χ4v) is 4.66. The van der Waals surface area contributed by atoms with Crippen LogP contribution >= 0.6 is 55.0 Å². The molecule has 0 radical (unpaired) electrons. The predicted molar refractivity (Wildman–Crippen MR) is 88.4 cm³/mol. The molecular formula is C13H13Br2NS2. The fourth-order valence-electron chi connectivity index (χ4n) is 1.56. The first kappa shape index (κ1) is 14.6. The monoisotopic (exact) mass is 405 g/mol. The van der Waals surface area contributed by atoms with Crippen molar-refractivity contribution < 1.29 is 0 Å². The number of rotatable bonds is 4. The molecular weight excluding hydrogens is 394 g/mol. The molecule has 2 aromatic rings. The van der Waals surface area contributed by atoms with Crippen LogP contribution in [0, 0.1) is 0 Å². The van der Waals surface area contributed by atoms with Gasteiger partial charge in [-0.15, -0.1) is 23.1 Å². The highest BCUT2D eigenvalue weighted by molar-refractivity contribution is 9.10. The van der Waals surface area contributed by atoms with E-state index in [4.69, 9.17) is 5.73 Å². The lowest BCUT2D eigenvalue weighted by atomic mass is 10.2. The highest BCUT2D eigenvalue weighted by Gasteiger charge is 2.19. The van der Waals surface area contributed by atoms with Crippen molar-refractivity contribution in [2.45, 2.75) is 23.1 Å². The third-order valence-corrected chi connectivity index (χ3v) is 6.36. The first-order valence-electron chi connectivity index (χ1n) is 5.48. The summed E-state index contributed by atoms with van der Waals surface area (Å²) >= 11 is 10.5. The quantitative estimate of drug-likeness (QED) is 0.682. The van der Waals surface area contributed by atoms with E-state index in [2.05, 4.69) is 74.5 Å². The van der Waals surface area contributed by atoms with E-state index < -0.39 is 0 Å². The number of thioether (sulfide) groups is 1. The number of halogens is 2. The van der Waals surface area contributed by atoms with Gasteiger partial charge in [0.05, 0.1) is 5.25 Å². The Labute approximate surface area is 132 Å². The van der Waals surface area contributed by atoms with Crippen LogP contribution in [0.25, 0.3) is 0 Å². The Bertz CT molecular complexity index is 508. The maximum absolute atomic E-state index is 6.12. The molecule has 0 fully saturated rings. The normalized spacial score (nSPS) is 14.4. The average Bonchev–Trinajstić information content (AvgIpc) is 2.74. The summed E-state index contributed by atoms with van der Waals surface area (Å²) in [6.07, 6.45) is 0. The molecule has 1 aromatic carbocycles. The van der Waals surface area contributed by atoms with Crippen molar-refractivity contribution in [2.75, 3.05) is 0 Å². The van der Waals surface area contributed by atoms with Crippen molar-refractivity contribution in [1.29, 1.82) is 0 Å². The van der Waals surface area contributed by atoms with Crippen LogP contribution in [0.15, 0.2) is 49.6 Å². The molecule has 18 heavy (non-hydrogen) atoms. The molecule has 2 N–H and O–H groups in total. The maximum Gasteiger partial charge on any atom is 0.0586 e. The molecule has 1 aromatic heterocycles. The van der Waals surface area contributed by atoms with Crippen LogP contribution in [0.2, 0.25) is 0 Å². The summed E-state index contributed by atoms with van der Waals surface area (Å²) in [4.78, 5) is 2.55. The molecule has 1 heterocycles. The van der Waals surface area contributed by atoms with E-state index in [1.54, 1.807) is 11.3 Å². The minimum atomic E-state index is 0.115. The Morgan fingerprint density at radius 2 is 1.83 bits per heavy atom. The molecule has 0 aliphatic rings. The predicted octanol–water partition coefficient (Wildman–Crippen LogP) is 5.45. The highest BCUT2D eigenvalue weighted by atomic mass is 79.9. The Hall–Kier alpha value is 0.190. The molecule has 96 valence electrons. The lowest BCUT2D eigenvalue weighted by Crippen LogP contribution is -2.21. The number of thiophene rings is 1. The summed E-state index contributed by atoms with van der Waals surface area (Å²) in [5.74, 6) is 0. The van der Waals surface area contributed by atoms with E-state index in [0.717, 1.165) is 8.95 Å². The van der Waals surface area contributed by atoms with Crippen LogP contribution in [-0.2, 0) is 0 Å². The Morgan fingerprint density at radius 3 is 2.33 bits per heavy atom. The molecule has 2 unspecified atom stereocenters. The van der Waals surface area contributed by atoms with Gasteiger partial charge in [-0.2, -0.15) is 0 Å². The van der Waals surface area contributed by atoms with Gasteiger partial charge >= 0.3 is 0 Å². The third kappa shape index (κ3) is 3.84. The van der Waals surface area contributed by atoms with Gasteiger partial charge < -0.3 is 5.73 Å². The van der Waals surface area contributed by atoms with E-state index in [-0.39, 0.29) is 6.04 Å². The largest absolute Gasteiger partial charge is 0.327 e. The van der Waals surface area contributed by atoms with E-state index in [9.17, 15) is 0 Å². The SMILES string of the molecule is CC(N)C(Sc1ccc(Br)cc1)c1cc(Br)cs1. The van der Waals surface area contributed by atoms with Crippen molar-refractivity contribution in [2.24, 2.45) is 5.73 Å². The number of benzene rings is 1. The smallest absolute Gasteiger partial charge is 0.0586 e. The van der Waals surface area contributed by atoms with E-state index >= 15 is 0 Å². The molecule has 0 bridgehead atoms. The van der Waals surface area contributed by atoms with Crippen LogP contribution < -0.4 is 5.73 Å². The van der Waals surface area contributed by atoms with Crippen LogP contribution in [-0.4, -0.2) is 6.04 Å². The summed E-state index contributed by atoms with van der Waals surface area (Å²) in [6.45, 7) is 2.06. The zero-order valence-electron chi connectivity index (χ0n) is 9.77. The summed E-state index contributed by atoms with van der Waals surface area (Å²) in [5, 5.41) is 2.40. The molecule has 0 saturated heterocycles. The van der Waals surface area contributed by atoms with Crippen LogP contribution in [0.1, 0.15) is 17.1 Å². The average molecular weight is 407 g/mol. The van der Waals surface area contributed by atoms with Crippen LogP contribution in [0.4, 0.5) is 0 Å². The summed E-state index contributed by atoms with van der Waals surface area (Å²) < 4.78 is 2.23. The van der Waals surface area contributed by atoms with Gasteiger partial charge in [0.2, 0.25) is 0 Å². The molecule has 0 spiro atoms. The Morgan fingerprint density at radius 1 is 1.17 bits per heavy atom. The van der Waals surface area contributed by atoms with Crippen molar-refractivity contribution >= 4 is 55.0 Å². The summed E-state index contributed by atoms with van der Waals surface area (Å²) in [7, 11) is 0. The van der Waals surface area contributed by atoms with Crippen molar-refractivity contribution in [3.63, 3.8) is 0 Å². The first-order valence-corrected chi connectivity index (χ1v) is 8.82. The van der Waals surface area contributed by atoms with E-state index in [0.29, 0.717) is 5.25 Å². The van der Waals surface area contributed by atoms with Gasteiger partial charge in [0.1, 0.15) is 0 Å². The second kappa shape index (κ2) is 6.57. The molecule has 0 amide bonds. The summed E-state index contributed by atoms with van der Waals surface area (Å²) in [5.41, 5.74) is 6.12. The molecule has 0 aliphatic carbocycles. The van der Waals surface area contributed by atoms with E-state index in [1.807, 2.05) is 11.8 Å². The second-order valence-electron chi connectivity index (χ2n) is 4.02. The lowest BCUT2D eigenvalue weighted by Gasteiger charge is -2.19. The third-order valence-electron chi connectivity index (χ3n) is 2.42. The lowest BCUT2D eigenvalue weighted by molar-refractivity contribution is 0.730. The minimum Gasteiger partial charge on any atom is -0.327 e. The molecule has 0 aliphatic heterocycles. The van der Waals surface area contributed by atoms with Gasteiger partial charge in [0.15, 0.2) is 0 Å². The van der Waals surface area contributed by atoms with Crippen molar-refractivity contribution in [3.8, 4) is 0 Å². The molecule has 0 saturated carbocycles. The van der Waals surface area contributed by atoms with Gasteiger partial charge in [-0.3, -0.25) is 0 Å². The van der Waals surface area contributed by atoms with Gasteiger partial charge in [0, 0.05) is 30.1 Å². The topological polar surface area (TPSA) is 26.0 Å². The van der Waals surface area contributed by atoms with Gasteiger partial charge in [-0.25, -0.2) is 0 Å². The Balaban J connectivity index is 2.19. The van der Waals surface area contributed by atoms with Gasteiger partial charge in [0.25, 0.3) is 0 Å². The maximum atomic E-state index is 6.12. The number of hydrogen-bond acceptors (Lipinski definition) is 3. The first-order chi connectivity index (χ1) is 8.56. The van der Waals surface area contributed by atoms with Crippen LogP contribution in [0.5, 0.6) is 0 Å². The van der Waals surface area contributed by atoms with Gasteiger partial charge in [-0.1, -0.05) is 15.9 Å². The van der Waals surface area contributed by atoms with Crippen molar-refractivity contribution in [1.82, 2.24) is 0 Å². The molecule has 2 rings (SSSR count). The number of hydrogen-bond donors (Lipinski definition) is 1. The summed E-state index contributed by atoms with van der Waals surface area (Å²) in [6, 6.07) is 10.6. The Kier molecular flexibility index (Phi) is 5.33. The van der Waals surface area contributed by atoms with Crippen molar-refractivity contribution in [3.05, 3.63) is 49.5 Å². The zero-order chi connectivity index (χ0) is 13.1. The van der Waals surface area contributed by atoms with E-state index in [1.165, 1.54) is 9.77 Å². The molecule has 5 heteroatoms. The fraction of sp³-hybridized carbons (Fsp3) is 0.231. The standard InChI is InChI=1S/C13H13Br2NS2/c1-8(16)13(12-6-10(15)7-17-12)18-11-4-2-9(14)3-5-11/h2-8,13H,16H2,1H3. The molecule has 2 atom stereocenters.